The van der Waals surface area contributed by atoms with Crippen molar-refractivity contribution in [3.05, 3.63) is 51.0 Å². The quantitative estimate of drug-likeness (QED) is 0.904. The van der Waals surface area contributed by atoms with Gasteiger partial charge in [-0.3, -0.25) is 4.79 Å². The van der Waals surface area contributed by atoms with Crippen molar-refractivity contribution in [2.75, 3.05) is 6.61 Å². The second-order valence-corrected chi connectivity index (χ2v) is 4.36. The Morgan fingerprint density at radius 1 is 1.33 bits per heavy atom. The van der Waals surface area contributed by atoms with E-state index in [-0.39, 0.29) is 22.5 Å². The maximum Gasteiger partial charge on any atom is 0.268 e. The van der Waals surface area contributed by atoms with E-state index in [1.54, 1.807) is 12.1 Å². The third-order valence-corrected chi connectivity index (χ3v) is 3.00. The molecule has 18 heavy (non-hydrogen) atoms. The van der Waals surface area contributed by atoms with Gasteiger partial charge in [-0.25, -0.2) is 4.98 Å². The number of rotatable bonds is 4. The molecule has 0 unspecified atom stereocenters. The summed E-state index contributed by atoms with van der Waals surface area (Å²) in [5, 5.41) is 8.81. The fraction of sp³-hybridized carbons (Fsp3) is 0.167. The van der Waals surface area contributed by atoms with Crippen LogP contribution in [-0.4, -0.2) is 21.7 Å². The number of aliphatic hydroxyl groups is 1. The molecule has 0 aliphatic heterocycles. The highest BCUT2D eigenvalue weighted by Gasteiger charge is 2.07. The first-order valence-electron chi connectivity index (χ1n) is 5.31. The van der Waals surface area contributed by atoms with Crippen molar-refractivity contribution >= 4 is 15.9 Å². The van der Waals surface area contributed by atoms with Gasteiger partial charge >= 0.3 is 0 Å². The number of hydrogen-bond donors (Lipinski definition) is 2. The minimum absolute atomic E-state index is 0.112. The number of aliphatic hydroxyl groups excluding tert-OH is 1. The first-order chi connectivity index (χ1) is 8.70. The molecular formula is C12H11BrN2O3. The molecule has 0 amide bonds. The molecule has 0 saturated heterocycles. The summed E-state index contributed by atoms with van der Waals surface area (Å²) in [4.78, 5) is 17.7. The van der Waals surface area contributed by atoms with Crippen LogP contribution in [0.3, 0.4) is 0 Å². The lowest BCUT2D eigenvalue weighted by Crippen LogP contribution is -2.08. The minimum atomic E-state index is -0.295. The summed E-state index contributed by atoms with van der Waals surface area (Å²) < 4.78 is 5.74. The predicted molar refractivity (Wildman–Crippen MR) is 69.9 cm³/mol. The molecule has 5 nitrogen and oxygen atoms in total. The summed E-state index contributed by atoms with van der Waals surface area (Å²) >= 11 is 3.11. The van der Waals surface area contributed by atoms with Crippen LogP contribution in [0.2, 0.25) is 0 Å². The Hall–Kier alpha value is -1.66. The Morgan fingerprint density at radius 3 is 2.72 bits per heavy atom. The van der Waals surface area contributed by atoms with Gasteiger partial charge in [0.25, 0.3) is 5.56 Å². The first kappa shape index (κ1) is 12.8. The summed E-state index contributed by atoms with van der Waals surface area (Å²) in [6.45, 7) is 0.112. The lowest BCUT2D eigenvalue weighted by Gasteiger charge is -2.06. The van der Waals surface area contributed by atoms with E-state index >= 15 is 0 Å². The summed E-state index contributed by atoms with van der Waals surface area (Å²) in [6, 6.07) is 7.24. The number of hydrogen-bond acceptors (Lipinski definition) is 4. The average molecular weight is 311 g/mol. The minimum Gasteiger partial charge on any atom is -0.438 e. The number of nitrogens with zero attached hydrogens (tertiary/aromatic N) is 1. The molecule has 2 N–H and O–H groups in total. The van der Waals surface area contributed by atoms with Gasteiger partial charge < -0.3 is 14.8 Å². The molecule has 1 heterocycles. The number of aromatic amines is 1. The number of aromatic nitrogens is 2. The van der Waals surface area contributed by atoms with Gasteiger partial charge in [-0.15, -0.1) is 0 Å². The van der Waals surface area contributed by atoms with E-state index < -0.39 is 0 Å². The zero-order valence-corrected chi connectivity index (χ0v) is 11.0. The number of nitrogens with one attached hydrogen (secondary N) is 1. The van der Waals surface area contributed by atoms with Crippen molar-refractivity contribution in [2.45, 2.75) is 6.42 Å². The molecular weight excluding hydrogens is 300 g/mol. The van der Waals surface area contributed by atoms with Crippen molar-refractivity contribution in [3.63, 3.8) is 0 Å². The topological polar surface area (TPSA) is 75.2 Å². The van der Waals surface area contributed by atoms with E-state index in [9.17, 15) is 4.79 Å². The molecule has 94 valence electrons. The fourth-order valence-electron chi connectivity index (χ4n) is 1.40. The predicted octanol–water partition coefficient (Wildman–Crippen LogP) is 1.86. The largest absolute Gasteiger partial charge is 0.438 e. The molecule has 0 fully saturated rings. The fourth-order valence-corrected chi connectivity index (χ4v) is 1.70. The smallest absolute Gasteiger partial charge is 0.268 e. The van der Waals surface area contributed by atoms with E-state index in [0.717, 1.165) is 5.56 Å². The Kier molecular flexibility index (Phi) is 4.11. The van der Waals surface area contributed by atoms with Crippen LogP contribution in [0, 0.1) is 0 Å². The summed E-state index contributed by atoms with van der Waals surface area (Å²) in [7, 11) is 0. The molecule has 1 aromatic carbocycles. The highest BCUT2D eigenvalue weighted by molar-refractivity contribution is 9.10. The van der Waals surface area contributed by atoms with Gasteiger partial charge in [0, 0.05) is 6.61 Å². The van der Waals surface area contributed by atoms with Gasteiger partial charge in [0.2, 0.25) is 5.88 Å². The zero-order chi connectivity index (χ0) is 13.0. The summed E-state index contributed by atoms with van der Waals surface area (Å²) in [5.74, 6) is 0.796. The lowest BCUT2D eigenvalue weighted by atomic mass is 10.1. The molecule has 0 atom stereocenters. The van der Waals surface area contributed by atoms with Gasteiger partial charge in [-0.2, -0.15) is 0 Å². The van der Waals surface area contributed by atoms with Crippen LogP contribution in [0.4, 0.5) is 0 Å². The first-order valence-corrected chi connectivity index (χ1v) is 6.11. The van der Waals surface area contributed by atoms with Crippen LogP contribution >= 0.6 is 15.9 Å². The second kappa shape index (κ2) is 5.79. The van der Waals surface area contributed by atoms with Crippen LogP contribution in [0.5, 0.6) is 11.6 Å². The molecule has 0 aliphatic rings. The van der Waals surface area contributed by atoms with Crippen LogP contribution in [-0.2, 0) is 6.42 Å². The van der Waals surface area contributed by atoms with Crippen LogP contribution in [0.1, 0.15) is 5.56 Å². The van der Waals surface area contributed by atoms with Crippen molar-refractivity contribution in [1.82, 2.24) is 9.97 Å². The Labute approximate surface area is 112 Å². The number of benzene rings is 1. The van der Waals surface area contributed by atoms with Crippen molar-refractivity contribution < 1.29 is 9.84 Å². The highest BCUT2D eigenvalue weighted by atomic mass is 79.9. The Morgan fingerprint density at radius 2 is 2.06 bits per heavy atom. The number of H-pyrrole nitrogens is 1. The zero-order valence-electron chi connectivity index (χ0n) is 9.39. The van der Waals surface area contributed by atoms with E-state index in [2.05, 4.69) is 25.9 Å². The Bertz CT molecular complexity index is 581. The van der Waals surface area contributed by atoms with E-state index in [1.165, 1.54) is 6.33 Å². The molecule has 0 saturated carbocycles. The van der Waals surface area contributed by atoms with Gasteiger partial charge in [0.15, 0.2) is 0 Å². The average Bonchev–Trinajstić information content (AvgIpc) is 2.38. The van der Waals surface area contributed by atoms with Crippen LogP contribution in [0.15, 0.2) is 39.9 Å². The normalized spacial score (nSPS) is 10.3. The molecule has 1 aromatic heterocycles. The molecule has 2 rings (SSSR count). The van der Waals surface area contributed by atoms with Crippen molar-refractivity contribution in [1.29, 1.82) is 0 Å². The number of halogens is 1. The second-order valence-electron chi connectivity index (χ2n) is 3.57. The highest BCUT2D eigenvalue weighted by Crippen LogP contribution is 2.24. The van der Waals surface area contributed by atoms with Crippen LogP contribution < -0.4 is 10.3 Å². The molecule has 0 spiro atoms. The van der Waals surface area contributed by atoms with E-state index in [4.69, 9.17) is 9.84 Å². The van der Waals surface area contributed by atoms with Gasteiger partial charge in [-0.1, -0.05) is 12.1 Å². The third kappa shape index (κ3) is 2.96. The van der Waals surface area contributed by atoms with Crippen molar-refractivity contribution in [2.24, 2.45) is 0 Å². The molecule has 0 bridgehead atoms. The summed E-state index contributed by atoms with van der Waals surface area (Å²) in [6.07, 6.45) is 1.88. The molecule has 0 radical (unpaired) electrons. The summed E-state index contributed by atoms with van der Waals surface area (Å²) in [5.41, 5.74) is 0.722. The standard InChI is InChI=1S/C12H11BrN2O3/c13-10-11(17)14-7-15-12(10)18-9-3-1-8(2-4-9)5-6-16/h1-4,7,16H,5-6H2,(H,14,15,17). The maximum absolute atomic E-state index is 11.3. The third-order valence-electron chi connectivity index (χ3n) is 2.30. The van der Waals surface area contributed by atoms with E-state index in [1.807, 2.05) is 12.1 Å². The van der Waals surface area contributed by atoms with Crippen LogP contribution in [0.25, 0.3) is 0 Å². The maximum atomic E-state index is 11.3. The van der Waals surface area contributed by atoms with Gasteiger partial charge in [0.1, 0.15) is 10.2 Å². The van der Waals surface area contributed by atoms with Gasteiger partial charge in [0.05, 0.1) is 6.33 Å². The monoisotopic (exact) mass is 310 g/mol. The molecule has 6 heteroatoms. The molecule has 0 aliphatic carbocycles. The molecule has 2 aromatic rings. The number of ether oxygens (including phenoxy) is 1. The van der Waals surface area contributed by atoms with Gasteiger partial charge in [-0.05, 0) is 40.0 Å². The lowest BCUT2D eigenvalue weighted by molar-refractivity contribution is 0.299. The van der Waals surface area contributed by atoms with E-state index in [0.29, 0.717) is 12.2 Å². The SMILES string of the molecule is O=c1[nH]cnc(Oc2ccc(CCO)cc2)c1Br. The van der Waals surface area contributed by atoms with Crippen molar-refractivity contribution in [3.8, 4) is 11.6 Å². The Balaban J connectivity index is 2.18.